The first kappa shape index (κ1) is 12.8. The van der Waals surface area contributed by atoms with E-state index in [4.69, 9.17) is 4.74 Å². The number of rotatable bonds is 3. The fourth-order valence-electron chi connectivity index (χ4n) is 1.45. The van der Waals surface area contributed by atoms with Gasteiger partial charge in [0.15, 0.2) is 6.10 Å². The van der Waals surface area contributed by atoms with E-state index >= 15 is 0 Å². The Morgan fingerprint density at radius 1 is 1.06 bits per heavy atom. The predicted octanol–water partition coefficient (Wildman–Crippen LogP) is 3.09. The molecule has 92 valence electrons. The van der Waals surface area contributed by atoms with Gasteiger partial charge in [-0.3, -0.25) is 0 Å². The number of aliphatic hydroxyl groups is 1. The molecule has 0 aromatic heterocycles. The summed E-state index contributed by atoms with van der Waals surface area (Å²) in [5, 5.41) is 9.82. The van der Waals surface area contributed by atoms with E-state index in [0.717, 1.165) is 4.47 Å². The Morgan fingerprint density at radius 2 is 1.67 bits per heavy atom. The fraction of sp³-hybridized carbons (Fsp3) is 0.0714. The summed E-state index contributed by atoms with van der Waals surface area (Å²) in [6.07, 6.45) is -1.27. The molecular formula is C14H11BrO3. The molecule has 3 nitrogen and oxygen atoms in total. The van der Waals surface area contributed by atoms with E-state index in [9.17, 15) is 9.90 Å². The molecule has 2 rings (SSSR count). The summed E-state index contributed by atoms with van der Waals surface area (Å²) in [5.41, 5.74) is 0.514. The second-order valence-corrected chi connectivity index (χ2v) is 4.60. The van der Waals surface area contributed by atoms with Crippen molar-refractivity contribution in [3.05, 3.63) is 64.6 Å². The second kappa shape index (κ2) is 5.80. The van der Waals surface area contributed by atoms with Crippen LogP contribution in [0.3, 0.4) is 0 Å². The number of esters is 1. The van der Waals surface area contributed by atoms with E-state index in [1.165, 1.54) is 0 Å². The summed E-state index contributed by atoms with van der Waals surface area (Å²) >= 11 is 3.29. The molecule has 1 N–H and O–H groups in total. The molecule has 0 spiro atoms. The van der Waals surface area contributed by atoms with Crippen molar-refractivity contribution < 1.29 is 14.6 Å². The molecular weight excluding hydrogens is 296 g/mol. The molecule has 4 heteroatoms. The number of benzene rings is 2. The number of hydrogen-bond acceptors (Lipinski definition) is 3. The maximum atomic E-state index is 11.7. The van der Waals surface area contributed by atoms with Crippen molar-refractivity contribution in [2.45, 2.75) is 6.10 Å². The summed E-state index contributed by atoms with van der Waals surface area (Å²) in [5.74, 6) is -0.290. The van der Waals surface area contributed by atoms with Crippen LogP contribution in [0, 0.1) is 0 Å². The number of carbonyl (C=O) groups excluding carboxylic acids is 1. The van der Waals surface area contributed by atoms with E-state index in [1.807, 2.05) is 6.07 Å². The molecule has 0 aliphatic heterocycles. The minimum Gasteiger partial charge on any atom is -0.424 e. The van der Waals surface area contributed by atoms with Crippen molar-refractivity contribution in [3.8, 4) is 5.75 Å². The molecule has 0 amide bonds. The predicted molar refractivity (Wildman–Crippen MR) is 71.2 cm³/mol. The average molecular weight is 307 g/mol. The van der Waals surface area contributed by atoms with Gasteiger partial charge in [-0.2, -0.15) is 0 Å². The molecule has 0 heterocycles. The summed E-state index contributed by atoms with van der Waals surface area (Å²) in [7, 11) is 0. The number of halogens is 1. The SMILES string of the molecule is O=C(Oc1ccc(Br)cc1)C(O)c1ccccc1. The molecule has 0 saturated carbocycles. The zero-order valence-corrected chi connectivity index (χ0v) is 11.0. The maximum absolute atomic E-state index is 11.7. The van der Waals surface area contributed by atoms with Crippen molar-refractivity contribution in [3.63, 3.8) is 0 Å². The molecule has 1 atom stereocenters. The zero-order valence-electron chi connectivity index (χ0n) is 9.42. The van der Waals surface area contributed by atoms with Gasteiger partial charge < -0.3 is 9.84 Å². The third kappa shape index (κ3) is 3.18. The van der Waals surface area contributed by atoms with Crippen LogP contribution in [0.25, 0.3) is 0 Å². The normalized spacial score (nSPS) is 11.9. The topological polar surface area (TPSA) is 46.5 Å². The van der Waals surface area contributed by atoms with E-state index < -0.39 is 12.1 Å². The molecule has 0 saturated heterocycles. The highest BCUT2D eigenvalue weighted by Gasteiger charge is 2.19. The average Bonchev–Trinajstić information content (AvgIpc) is 2.41. The molecule has 1 unspecified atom stereocenters. The quantitative estimate of drug-likeness (QED) is 0.700. The molecule has 2 aromatic rings. The van der Waals surface area contributed by atoms with Gasteiger partial charge in [-0.25, -0.2) is 4.79 Å². The van der Waals surface area contributed by atoms with Crippen LogP contribution in [0.4, 0.5) is 0 Å². The highest BCUT2D eigenvalue weighted by Crippen LogP contribution is 2.19. The summed E-state index contributed by atoms with van der Waals surface area (Å²) in [6, 6.07) is 15.5. The zero-order chi connectivity index (χ0) is 13.0. The van der Waals surface area contributed by atoms with Crippen LogP contribution >= 0.6 is 15.9 Å². The van der Waals surface area contributed by atoms with Crippen molar-refractivity contribution in [1.82, 2.24) is 0 Å². The van der Waals surface area contributed by atoms with Crippen LogP contribution in [0.1, 0.15) is 11.7 Å². The monoisotopic (exact) mass is 306 g/mol. The largest absolute Gasteiger partial charge is 0.424 e. The molecule has 18 heavy (non-hydrogen) atoms. The smallest absolute Gasteiger partial charge is 0.345 e. The van der Waals surface area contributed by atoms with Gasteiger partial charge in [-0.1, -0.05) is 46.3 Å². The molecule has 0 radical (unpaired) electrons. The standard InChI is InChI=1S/C14H11BrO3/c15-11-6-8-12(9-7-11)18-14(17)13(16)10-4-2-1-3-5-10/h1-9,13,16H. The first-order chi connectivity index (χ1) is 8.66. The third-order valence-electron chi connectivity index (χ3n) is 2.37. The lowest BCUT2D eigenvalue weighted by Gasteiger charge is -2.10. The number of ether oxygens (including phenoxy) is 1. The Labute approximate surface area is 113 Å². The first-order valence-electron chi connectivity index (χ1n) is 5.37. The Bertz CT molecular complexity index is 522. The lowest BCUT2D eigenvalue weighted by molar-refractivity contribution is -0.144. The molecule has 0 bridgehead atoms. The van der Waals surface area contributed by atoms with E-state index in [0.29, 0.717) is 11.3 Å². The van der Waals surface area contributed by atoms with Gasteiger partial charge in [0.25, 0.3) is 0 Å². The van der Waals surface area contributed by atoms with Crippen LogP contribution in [-0.4, -0.2) is 11.1 Å². The van der Waals surface area contributed by atoms with Crippen molar-refractivity contribution in [2.24, 2.45) is 0 Å². The van der Waals surface area contributed by atoms with Gasteiger partial charge in [0, 0.05) is 4.47 Å². The van der Waals surface area contributed by atoms with E-state index in [1.54, 1.807) is 48.5 Å². The summed E-state index contributed by atoms with van der Waals surface area (Å²) in [4.78, 5) is 11.7. The minimum absolute atomic E-state index is 0.401. The van der Waals surface area contributed by atoms with Gasteiger partial charge in [-0.05, 0) is 29.8 Å². The highest BCUT2D eigenvalue weighted by molar-refractivity contribution is 9.10. The van der Waals surface area contributed by atoms with Gasteiger partial charge in [0.05, 0.1) is 0 Å². The summed E-state index contributed by atoms with van der Waals surface area (Å²) < 4.78 is 5.97. The molecule has 0 aliphatic carbocycles. The van der Waals surface area contributed by atoms with Gasteiger partial charge in [0.1, 0.15) is 5.75 Å². The highest BCUT2D eigenvalue weighted by atomic mass is 79.9. The lowest BCUT2D eigenvalue weighted by Crippen LogP contribution is -2.18. The van der Waals surface area contributed by atoms with Crippen molar-refractivity contribution in [1.29, 1.82) is 0 Å². The van der Waals surface area contributed by atoms with E-state index in [2.05, 4.69) is 15.9 Å². The van der Waals surface area contributed by atoms with Crippen molar-refractivity contribution >= 4 is 21.9 Å². The van der Waals surface area contributed by atoms with Gasteiger partial charge >= 0.3 is 5.97 Å². The molecule has 0 aliphatic rings. The van der Waals surface area contributed by atoms with Crippen LogP contribution in [0.5, 0.6) is 5.75 Å². The Hall–Kier alpha value is -1.65. The van der Waals surface area contributed by atoms with Gasteiger partial charge in [-0.15, -0.1) is 0 Å². The van der Waals surface area contributed by atoms with Crippen LogP contribution in [0.2, 0.25) is 0 Å². The molecule has 2 aromatic carbocycles. The second-order valence-electron chi connectivity index (χ2n) is 3.69. The van der Waals surface area contributed by atoms with E-state index in [-0.39, 0.29) is 0 Å². The number of aliphatic hydroxyl groups excluding tert-OH is 1. The minimum atomic E-state index is -1.27. The van der Waals surface area contributed by atoms with Gasteiger partial charge in [0.2, 0.25) is 0 Å². The number of carbonyl (C=O) groups is 1. The maximum Gasteiger partial charge on any atom is 0.345 e. The fourth-order valence-corrected chi connectivity index (χ4v) is 1.71. The Balaban J connectivity index is 2.06. The summed E-state index contributed by atoms with van der Waals surface area (Å²) in [6.45, 7) is 0. The first-order valence-corrected chi connectivity index (χ1v) is 6.16. The van der Waals surface area contributed by atoms with Crippen LogP contribution in [0.15, 0.2) is 59.1 Å². The molecule has 0 fully saturated rings. The lowest BCUT2D eigenvalue weighted by atomic mass is 10.1. The number of hydrogen-bond donors (Lipinski definition) is 1. The third-order valence-corrected chi connectivity index (χ3v) is 2.90. The van der Waals surface area contributed by atoms with Crippen LogP contribution < -0.4 is 4.74 Å². The van der Waals surface area contributed by atoms with Crippen LogP contribution in [-0.2, 0) is 4.79 Å². The van der Waals surface area contributed by atoms with Crippen molar-refractivity contribution in [2.75, 3.05) is 0 Å². The Morgan fingerprint density at radius 3 is 2.28 bits per heavy atom. The Kier molecular flexibility index (Phi) is 4.12.